The number of methoxy groups -OCH3 is 3. The molecule has 0 radical (unpaired) electrons. The van der Waals surface area contributed by atoms with Gasteiger partial charge in [-0.2, -0.15) is 0 Å². The summed E-state index contributed by atoms with van der Waals surface area (Å²) >= 11 is 0. The molecule has 1 aliphatic heterocycles. The Hall–Kier alpha value is -1.46. The summed E-state index contributed by atoms with van der Waals surface area (Å²) in [6.45, 7) is 6.09. The molecule has 0 amide bonds. The van der Waals surface area contributed by atoms with Crippen molar-refractivity contribution in [2.24, 2.45) is 17.6 Å². The summed E-state index contributed by atoms with van der Waals surface area (Å²) in [6.07, 6.45) is 1.20. The van der Waals surface area contributed by atoms with Gasteiger partial charge >= 0.3 is 0 Å². The quantitative estimate of drug-likeness (QED) is 0.872. The third-order valence-electron chi connectivity index (χ3n) is 4.63. The molecule has 5 heteroatoms. The lowest BCUT2D eigenvalue weighted by Gasteiger charge is -2.36. The van der Waals surface area contributed by atoms with E-state index in [0.29, 0.717) is 29.1 Å². The van der Waals surface area contributed by atoms with E-state index in [9.17, 15) is 0 Å². The summed E-state index contributed by atoms with van der Waals surface area (Å²) in [6, 6.07) is 4.05. The second-order valence-electron chi connectivity index (χ2n) is 6.03. The standard InChI is InChI=1S/C17H28N2O3/c1-12-5-6-19(11-14(12)9-18)10-13-7-15(20-2)17(22-4)16(8-13)21-3/h7-8,12,14H,5-6,9-11,18H2,1-4H3. The minimum Gasteiger partial charge on any atom is -0.493 e. The van der Waals surface area contributed by atoms with E-state index < -0.39 is 0 Å². The predicted octanol–water partition coefficient (Wildman–Crippen LogP) is 2.13. The van der Waals surface area contributed by atoms with Gasteiger partial charge in [0.15, 0.2) is 11.5 Å². The van der Waals surface area contributed by atoms with Crippen molar-refractivity contribution in [3.8, 4) is 17.2 Å². The first-order valence-electron chi connectivity index (χ1n) is 7.84. The molecule has 0 aromatic heterocycles. The summed E-state index contributed by atoms with van der Waals surface area (Å²) in [5.41, 5.74) is 7.06. The molecule has 5 nitrogen and oxygen atoms in total. The van der Waals surface area contributed by atoms with Gasteiger partial charge in [-0.05, 0) is 49.0 Å². The van der Waals surface area contributed by atoms with Gasteiger partial charge in [-0.1, -0.05) is 6.92 Å². The van der Waals surface area contributed by atoms with Crippen molar-refractivity contribution in [1.29, 1.82) is 0 Å². The number of hydrogen-bond donors (Lipinski definition) is 1. The Morgan fingerprint density at radius 2 is 1.77 bits per heavy atom. The maximum absolute atomic E-state index is 5.90. The van der Waals surface area contributed by atoms with Gasteiger partial charge < -0.3 is 19.9 Å². The molecule has 124 valence electrons. The Balaban J connectivity index is 2.15. The van der Waals surface area contributed by atoms with Crippen LogP contribution in [0.2, 0.25) is 0 Å². The monoisotopic (exact) mass is 308 g/mol. The lowest BCUT2D eigenvalue weighted by molar-refractivity contribution is 0.126. The molecule has 1 heterocycles. The maximum Gasteiger partial charge on any atom is 0.203 e. The second-order valence-corrected chi connectivity index (χ2v) is 6.03. The van der Waals surface area contributed by atoms with Crippen LogP contribution in [0, 0.1) is 11.8 Å². The number of benzene rings is 1. The number of ether oxygens (including phenoxy) is 3. The summed E-state index contributed by atoms with van der Waals surface area (Å²) in [5.74, 6) is 3.34. The molecule has 0 saturated carbocycles. The molecule has 1 aromatic carbocycles. The molecule has 2 unspecified atom stereocenters. The Kier molecular flexibility index (Phi) is 5.91. The minimum absolute atomic E-state index is 0.579. The lowest BCUT2D eigenvalue weighted by Crippen LogP contribution is -2.42. The number of hydrogen-bond acceptors (Lipinski definition) is 5. The molecular weight excluding hydrogens is 280 g/mol. The molecule has 1 saturated heterocycles. The first kappa shape index (κ1) is 16.9. The summed E-state index contributed by atoms with van der Waals surface area (Å²) in [4.78, 5) is 2.46. The number of piperidine rings is 1. The van der Waals surface area contributed by atoms with Gasteiger partial charge in [-0.15, -0.1) is 0 Å². The third-order valence-corrected chi connectivity index (χ3v) is 4.63. The molecule has 0 bridgehead atoms. The number of nitrogens with two attached hydrogens (primary N) is 1. The van der Waals surface area contributed by atoms with Gasteiger partial charge in [0.25, 0.3) is 0 Å². The van der Waals surface area contributed by atoms with E-state index in [4.69, 9.17) is 19.9 Å². The van der Waals surface area contributed by atoms with Crippen LogP contribution in [-0.4, -0.2) is 45.9 Å². The third kappa shape index (κ3) is 3.65. The number of likely N-dealkylation sites (tertiary alicyclic amines) is 1. The van der Waals surface area contributed by atoms with E-state index in [2.05, 4.69) is 11.8 Å². The Morgan fingerprint density at radius 3 is 2.27 bits per heavy atom. The highest BCUT2D eigenvalue weighted by Crippen LogP contribution is 2.38. The summed E-state index contributed by atoms with van der Waals surface area (Å²) in [7, 11) is 4.92. The number of nitrogens with zero attached hydrogens (tertiary/aromatic N) is 1. The van der Waals surface area contributed by atoms with E-state index in [1.807, 2.05) is 12.1 Å². The molecular formula is C17H28N2O3. The van der Waals surface area contributed by atoms with Gasteiger partial charge in [0.1, 0.15) is 0 Å². The van der Waals surface area contributed by atoms with E-state index in [1.54, 1.807) is 21.3 Å². The zero-order valence-electron chi connectivity index (χ0n) is 14.1. The van der Waals surface area contributed by atoms with Gasteiger partial charge in [-0.25, -0.2) is 0 Å². The van der Waals surface area contributed by atoms with Crippen molar-refractivity contribution in [3.05, 3.63) is 17.7 Å². The minimum atomic E-state index is 0.579. The summed E-state index contributed by atoms with van der Waals surface area (Å²) in [5, 5.41) is 0. The van der Waals surface area contributed by atoms with E-state index in [1.165, 1.54) is 12.0 Å². The van der Waals surface area contributed by atoms with Crippen molar-refractivity contribution in [3.63, 3.8) is 0 Å². The van der Waals surface area contributed by atoms with Crippen molar-refractivity contribution in [2.75, 3.05) is 41.0 Å². The van der Waals surface area contributed by atoms with Crippen LogP contribution in [0.5, 0.6) is 17.2 Å². The zero-order chi connectivity index (χ0) is 16.1. The summed E-state index contributed by atoms with van der Waals surface area (Å²) < 4.78 is 16.2. The molecule has 1 fully saturated rings. The van der Waals surface area contributed by atoms with Crippen LogP contribution < -0.4 is 19.9 Å². The molecule has 1 aliphatic rings. The van der Waals surface area contributed by atoms with Crippen LogP contribution in [0.1, 0.15) is 18.9 Å². The molecule has 2 N–H and O–H groups in total. The van der Waals surface area contributed by atoms with Crippen LogP contribution >= 0.6 is 0 Å². The Labute approximate surface area is 133 Å². The van der Waals surface area contributed by atoms with Gasteiger partial charge in [0, 0.05) is 13.1 Å². The molecule has 1 aromatic rings. The molecule has 0 aliphatic carbocycles. The Morgan fingerprint density at radius 1 is 1.14 bits per heavy atom. The number of rotatable bonds is 6. The Bertz CT molecular complexity index is 468. The average molecular weight is 308 g/mol. The van der Waals surface area contributed by atoms with Crippen molar-refractivity contribution >= 4 is 0 Å². The van der Waals surface area contributed by atoms with Crippen LogP contribution in [-0.2, 0) is 6.54 Å². The smallest absolute Gasteiger partial charge is 0.203 e. The van der Waals surface area contributed by atoms with Crippen LogP contribution in [0.15, 0.2) is 12.1 Å². The van der Waals surface area contributed by atoms with Gasteiger partial charge in [0.2, 0.25) is 5.75 Å². The van der Waals surface area contributed by atoms with E-state index >= 15 is 0 Å². The highest BCUT2D eigenvalue weighted by atomic mass is 16.5. The highest BCUT2D eigenvalue weighted by molar-refractivity contribution is 5.53. The average Bonchev–Trinajstić information content (AvgIpc) is 2.55. The maximum atomic E-state index is 5.90. The first-order chi connectivity index (χ1) is 10.6. The molecule has 0 spiro atoms. The second kappa shape index (κ2) is 7.70. The van der Waals surface area contributed by atoms with Crippen molar-refractivity contribution < 1.29 is 14.2 Å². The SMILES string of the molecule is COc1cc(CN2CCC(C)C(CN)C2)cc(OC)c1OC. The van der Waals surface area contributed by atoms with Crippen LogP contribution in [0.25, 0.3) is 0 Å². The van der Waals surface area contributed by atoms with Crippen molar-refractivity contribution in [2.45, 2.75) is 19.9 Å². The van der Waals surface area contributed by atoms with Crippen molar-refractivity contribution in [1.82, 2.24) is 4.90 Å². The topological polar surface area (TPSA) is 57.0 Å². The van der Waals surface area contributed by atoms with Gasteiger partial charge in [-0.3, -0.25) is 4.90 Å². The fourth-order valence-corrected chi connectivity index (χ4v) is 3.16. The fourth-order valence-electron chi connectivity index (χ4n) is 3.16. The van der Waals surface area contributed by atoms with Gasteiger partial charge in [0.05, 0.1) is 21.3 Å². The first-order valence-corrected chi connectivity index (χ1v) is 7.84. The normalized spacial score (nSPS) is 22.4. The van der Waals surface area contributed by atoms with E-state index in [0.717, 1.165) is 26.2 Å². The molecule has 2 rings (SSSR count). The zero-order valence-corrected chi connectivity index (χ0v) is 14.1. The fraction of sp³-hybridized carbons (Fsp3) is 0.647. The van der Waals surface area contributed by atoms with Crippen LogP contribution in [0.4, 0.5) is 0 Å². The lowest BCUT2D eigenvalue weighted by atomic mass is 9.87. The predicted molar refractivity (Wildman–Crippen MR) is 87.7 cm³/mol. The largest absolute Gasteiger partial charge is 0.493 e. The molecule has 22 heavy (non-hydrogen) atoms. The molecule has 2 atom stereocenters. The highest BCUT2D eigenvalue weighted by Gasteiger charge is 2.25. The van der Waals surface area contributed by atoms with E-state index in [-0.39, 0.29) is 0 Å². The van der Waals surface area contributed by atoms with Crippen LogP contribution in [0.3, 0.4) is 0 Å².